The molecule has 2 aromatic carbocycles. The minimum Gasteiger partial charge on any atom is -0.440 e. The van der Waals surface area contributed by atoms with Gasteiger partial charge in [-0.3, -0.25) is 9.36 Å². The van der Waals surface area contributed by atoms with Crippen molar-refractivity contribution in [1.29, 1.82) is 0 Å². The minimum absolute atomic E-state index is 0.0421. The van der Waals surface area contributed by atoms with Crippen LogP contribution in [0.15, 0.2) is 58.4 Å². The molecule has 1 aliphatic heterocycles. The second kappa shape index (κ2) is 8.20. The van der Waals surface area contributed by atoms with Crippen LogP contribution in [0.1, 0.15) is 40.7 Å². The van der Waals surface area contributed by atoms with Gasteiger partial charge in [-0.2, -0.15) is 0 Å². The van der Waals surface area contributed by atoms with Crippen molar-refractivity contribution in [2.24, 2.45) is 5.73 Å². The summed E-state index contributed by atoms with van der Waals surface area (Å²) in [6.07, 6.45) is 4.34. The number of fused-ring (bicyclic) bond motifs is 1. The molecule has 1 aliphatic carbocycles. The number of esters is 1. The van der Waals surface area contributed by atoms with Gasteiger partial charge in [-0.05, 0) is 62.9 Å². The topological polar surface area (TPSA) is 94.6 Å². The van der Waals surface area contributed by atoms with Gasteiger partial charge in [0.25, 0.3) is 5.56 Å². The fraction of sp³-hybridized carbons (Fsp3) is 0.360. The number of hydrogen-bond donors (Lipinski definition) is 1. The van der Waals surface area contributed by atoms with E-state index >= 15 is 0 Å². The summed E-state index contributed by atoms with van der Waals surface area (Å²) in [5, 5.41) is 1.09. The lowest BCUT2D eigenvalue weighted by atomic mass is 10.1. The normalized spacial score (nSPS) is 20.3. The first-order chi connectivity index (χ1) is 15.8. The van der Waals surface area contributed by atoms with Gasteiger partial charge in [0.1, 0.15) is 11.0 Å². The van der Waals surface area contributed by atoms with Gasteiger partial charge in [-0.25, -0.2) is 13.3 Å². The van der Waals surface area contributed by atoms with Crippen molar-refractivity contribution >= 4 is 27.7 Å². The molecule has 2 atom stereocenters. The highest BCUT2D eigenvalue weighted by Gasteiger charge is 2.58. The second-order valence-corrected chi connectivity index (χ2v) is 10.4. The zero-order valence-corrected chi connectivity index (χ0v) is 19.6. The monoisotopic (exact) mass is 465 g/mol. The Morgan fingerprint density at radius 2 is 1.97 bits per heavy atom. The van der Waals surface area contributed by atoms with E-state index in [4.69, 9.17) is 10.5 Å². The lowest BCUT2D eigenvalue weighted by molar-refractivity contribution is 0.0366. The number of carbonyl (C=O) groups excluding carboxylic acids is 1. The number of benzene rings is 2. The zero-order chi connectivity index (χ0) is 23.3. The molecule has 2 unspecified atom stereocenters. The lowest BCUT2D eigenvalue weighted by Gasteiger charge is -2.25. The van der Waals surface area contributed by atoms with Crippen molar-refractivity contribution in [1.82, 2.24) is 8.87 Å². The first-order valence-electron chi connectivity index (χ1n) is 11.1. The number of aromatic nitrogens is 1. The predicted octanol–water partition coefficient (Wildman–Crippen LogP) is 3.02. The summed E-state index contributed by atoms with van der Waals surface area (Å²) in [6, 6.07) is 12.6. The number of pyridine rings is 1. The molecule has 2 heterocycles. The minimum atomic E-state index is -1.40. The van der Waals surface area contributed by atoms with Crippen molar-refractivity contribution in [3.63, 3.8) is 0 Å². The van der Waals surface area contributed by atoms with Crippen LogP contribution in [0, 0.1) is 13.8 Å². The van der Waals surface area contributed by atoms with E-state index in [9.17, 15) is 13.8 Å². The van der Waals surface area contributed by atoms with Crippen molar-refractivity contribution in [3.8, 4) is 0 Å². The van der Waals surface area contributed by atoms with Gasteiger partial charge in [-0.15, -0.1) is 0 Å². The van der Waals surface area contributed by atoms with Gasteiger partial charge >= 0.3 is 5.97 Å². The quantitative estimate of drug-likeness (QED) is 0.585. The molecule has 0 radical (unpaired) electrons. The fourth-order valence-electron chi connectivity index (χ4n) is 4.84. The first-order valence-corrected chi connectivity index (χ1v) is 12.2. The summed E-state index contributed by atoms with van der Waals surface area (Å²) >= 11 is 0. The zero-order valence-electron chi connectivity index (χ0n) is 18.7. The van der Waals surface area contributed by atoms with Gasteiger partial charge in [-0.1, -0.05) is 23.8 Å². The van der Waals surface area contributed by atoms with Crippen LogP contribution >= 0.6 is 0 Å². The third-order valence-electron chi connectivity index (χ3n) is 6.90. The van der Waals surface area contributed by atoms with Gasteiger partial charge in [0.05, 0.1) is 10.5 Å². The van der Waals surface area contributed by atoms with Crippen LogP contribution in [0.4, 0.5) is 0 Å². The highest BCUT2D eigenvalue weighted by molar-refractivity contribution is 7.83. The third-order valence-corrected chi connectivity index (χ3v) is 8.57. The fourth-order valence-corrected chi connectivity index (χ4v) is 6.56. The van der Waals surface area contributed by atoms with E-state index in [1.54, 1.807) is 30.5 Å². The molecular weight excluding hydrogens is 438 g/mol. The Hall–Kier alpha value is -2.81. The van der Waals surface area contributed by atoms with Gasteiger partial charge in [0, 0.05) is 35.1 Å². The van der Waals surface area contributed by atoms with Gasteiger partial charge in [0.15, 0.2) is 6.73 Å². The van der Waals surface area contributed by atoms with Crippen LogP contribution < -0.4 is 11.3 Å². The molecule has 2 fully saturated rings. The average molecular weight is 466 g/mol. The molecular formula is C25H27N3O4S. The van der Waals surface area contributed by atoms with Crippen LogP contribution in [-0.4, -0.2) is 37.2 Å². The maximum Gasteiger partial charge on any atom is 0.340 e. The SMILES string of the molecule is Cc1ccc(C(=O)OCn2ccc3c(S(=O)N4CCC(N)C45CC5)cccc3c2=O)c(C)c1. The molecule has 1 saturated carbocycles. The molecule has 5 rings (SSSR count). The van der Waals surface area contributed by atoms with Crippen molar-refractivity contribution in [2.45, 2.75) is 56.3 Å². The molecule has 8 heteroatoms. The second-order valence-electron chi connectivity index (χ2n) is 9.04. The molecule has 2 N–H and O–H groups in total. The summed E-state index contributed by atoms with van der Waals surface area (Å²) in [5.41, 5.74) is 8.19. The van der Waals surface area contributed by atoms with Crippen molar-refractivity contribution in [2.75, 3.05) is 6.54 Å². The molecule has 1 spiro atoms. The van der Waals surface area contributed by atoms with E-state index in [0.717, 1.165) is 30.4 Å². The predicted molar refractivity (Wildman–Crippen MR) is 127 cm³/mol. The van der Waals surface area contributed by atoms with Crippen LogP contribution in [0.5, 0.6) is 0 Å². The van der Waals surface area contributed by atoms with Crippen LogP contribution in [0.25, 0.3) is 10.8 Å². The Labute approximate surface area is 194 Å². The number of rotatable bonds is 5. The molecule has 1 saturated heterocycles. The number of carbonyl (C=O) groups is 1. The largest absolute Gasteiger partial charge is 0.440 e. The van der Waals surface area contributed by atoms with E-state index in [0.29, 0.717) is 27.8 Å². The lowest BCUT2D eigenvalue weighted by Crippen LogP contribution is -2.42. The van der Waals surface area contributed by atoms with E-state index in [1.807, 2.05) is 36.4 Å². The smallest absolute Gasteiger partial charge is 0.340 e. The maximum atomic E-state index is 13.5. The highest BCUT2D eigenvalue weighted by atomic mass is 32.2. The van der Waals surface area contributed by atoms with Crippen LogP contribution in [0.3, 0.4) is 0 Å². The number of hydrogen-bond acceptors (Lipinski definition) is 5. The summed E-state index contributed by atoms with van der Waals surface area (Å²) < 4.78 is 22.3. The first kappa shape index (κ1) is 22.0. The van der Waals surface area contributed by atoms with E-state index in [-0.39, 0.29) is 23.9 Å². The van der Waals surface area contributed by atoms with Gasteiger partial charge in [0.2, 0.25) is 0 Å². The average Bonchev–Trinajstić information content (AvgIpc) is 3.53. The number of aryl methyl sites for hydroxylation is 2. The number of ether oxygens (including phenoxy) is 1. The highest BCUT2D eigenvalue weighted by Crippen LogP contribution is 2.50. The van der Waals surface area contributed by atoms with Crippen molar-refractivity contribution < 1.29 is 13.7 Å². The van der Waals surface area contributed by atoms with E-state index in [1.165, 1.54) is 4.57 Å². The maximum absolute atomic E-state index is 13.5. The molecule has 3 aromatic rings. The molecule has 7 nitrogen and oxygen atoms in total. The summed E-state index contributed by atoms with van der Waals surface area (Å²) in [7, 11) is -1.40. The van der Waals surface area contributed by atoms with E-state index in [2.05, 4.69) is 0 Å². The Bertz CT molecular complexity index is 1350. The molecule has 0 bridgehead atoms. The van der Waals surface area contributed by atoms with Crippen LogP contribution in [0.2, 0.25) is 0 Å². The Balaban J connectivity index is 1.40. The van der Waals surface area contributed by atoms with Gasteiger partial charge < -0.3 is 10.5 Å². The Morgan fingerprint density at radius 3 is 2.70 bits per heavy atom. The number of nitrogens with zero attached hydrogens (tertiary/aromatic N) is 2. The molecule has 1 aromatic heterocycles. The Kier molecular flexibility index (Phi) is 5.47. The summed E-state index contributed by atoms with van der Waals surface area (Å²) in [5.74, 6) is -0.477. The van der Waals surface area contributed by atoms with E-state index < -0.39 is 17.0 Å². The summed E-state index contributed by atoms with van der Waals surface area (Å²) in [4.78, 5) is 26.2. The molecule has 2 aliphatic rings. The Morgan fingerprint density at radius 1 is 1.18 bits per heavy atom. The van der Waals surface area contributed by atoms with Crippen LogP contribution in [-0.2, 0) is 22.5 Å². The summed E-state index contributed by atoms with van der Waals surface area (Å²) in [6.45, 7) is 4.31. The third kappa shape index (κ3) is 3.72. The molecule has 0 amide bonds. The molecule has 172 valence electrons. The number of nitrogens with two attached hydrogens (primary N) is 1. The van der Waals surface area contributed by atoms with Crippen molar-refractivity contribution in [3.05, 3.63) is 75.7 Å². The standard InChI is InChI=1S/C25H27N3O4S/c1-16-6-7-18(17(2)14-16)24(30)32-15-27-12-8-19-20(23(27)29)4-3-5-21(19)33(31)28-13-9-22(26)25(28)10-11-25/h3-8,12,14,22H,9-11,13,15,26H2,1-2H3. The molecule has 33 heavy (non-hydrogen) atoms.